The highest BCUT2D eigenvalue weighted by molar-refractivity contribution is 5.95. The Kier molecular flexibility index (Phi) is 3.09. The molecule has 0 bridgehead atoms. The van der Waals surface area contributed by atoms with Crippen molar-refractivity contribution >= 4 is 28.0 Å². The predicted molar refractivity (Wildman–Crippen MR) is 80.2 cm³/mol. The van der Waals surface area contributed by atoms with E-state index >= 15 is 0 Å². The van der Waals surface area contributed by atoms with Gasteiger partial charge in [0.05, 0.1) is 7.11 Å². The first-order valence-electron chi connectivity index (χ1n) is 6.19. The van der Waals surface area contributed by atoms with E-state index in [4.69, 9.17) is 10.5 Å². The van der Waals surface area contributed by atoms with Crippen molar-refractivity contribution in [2.24, 2.45) is 0 Å². The number of aromatic nitrogens is 2. The molecule has 5 nitrogen and oxygen atoms in total. The standard InChI is InChI=1S/C15H14N4O/c1-20-15-13(16)14(17-9-18-15)19-12-8-4-6-10-5-2-3-7-11(10)12/h2-9H,16H2,1H3,(H,17,18,19). The molecule has 0 aliphatic rings. The molecule has 2 aromatic carbocycles. The third-order valence-corrected chi connectivity index (χ3v) is 3.08. The quantitative estimate of drug-likeness (QED) is 0.762. The van der Waals surface area contributed by atoms with Gasteiger partial charge >= 0.3 is 0 Å². The van der Waals surface area contributed by atoms with Crippen LogP contribution in [0.1, 0.15) is 0 Å². The predicted octanol–water partition coefficient (Wildman–Crippen LogP) is 2.96. The van der Waals surface area contributed by atoms with E-state index in [0.717, 1.165) is 16.5 Å². The number of nitrogens with one attached hydrogen (secondary N) is 1. The van der Waals surface area contributed by atoms with Crippen molar-refractivity contribution < 1.29 is 4.74 Å². The second-order valence-electron chi connectivity index (χ2n) is 4.30. The van der Waals surface area contributed by atoms with Crippen molar-refractivity contribution in [3.05, 3.63) is 48.8 Å². The van der Waals surface area contributed by atoms with Crippen LogP contribution in [0.4, 0.5) is 17.2 Å². The molecule has 1 aromatic heterocycles. The Balaban J connectivity index is 2.06. The smallest absolute Gasteiger partial charge is 0.242 e. The second kappa shape index (κ2) is 5.05. The highest BCUT2D eigenvalue weighted by atomic mass is 16.5. The van der Waals surface area contributed by atoms with E-state index < -0.39 is 0 Å². The molecule has 0 amide bonds. The summed E-state index contributed by atoms with van der Waals surface area (Å²) in [5.41, 5.74) is 7.31. The monoisotopic (exact) mass is 266 g/mol. The highest BCUT2D eigenvalue weighted by Gasteiger charge is 2.09. The third kappa shape index (κ3) is 2.09. The number of hydrogen-bond donors (Lipinski definition) is 2. The van der Waals surface area contributed by atoms with Crippen LogP contribution in [0.25, 0.3) is 10.8 Å². The molecule has 100 valence electrons. The van der Waals surface area contributed by atoms with E-state index in [2.05, 4.69) is 27.4 Å². The van der Waals surface area contributed by atoms with E-state index in [9.17, 15) is 0 Å². The fraction of sp³-hybridized carbons (Fsp3) is 0.0667. The third-order valence-electron chi connectivity index (χ3n) is 3.08. The van der Waals surface area contributed by atoms with E-state index in [0.29, 0.717) is 17.4 Å². The maximum absolute atomic E-state index is 5.97. The molecule has 0 saturated carbocycles. The minimum Gasteiger partial charge on any atom is -0.479 e. The molecule has 0 spiro atoms. The van der Waals surface area contributed by atoms with Crippen LogP contribution in [-0.4, -0.2) is 17.1 Å². The van der Waals surface area contributed by atoms with Crippen molar-refractivity contribution in [3.8, 4) is 5.88 Å². The van der Waals surface area contributed by atoms with Gasteiger partial charge < -0.3 is 15.8 Å². The Morgan fingerprint density at radius 3 is 2.70 bits per heavy atom. The zero-order chi connectivity index (χ0) is 13.9. The topological polar surface area (TPSA) is 73.1 Å². The Hall–Kier alpha value is -2.82. The first kappa shape index (κ1) is 12.2. The van der Waals surface area contributed by atoms with Crippen LogP contribution in [0.2, 0.25) is 0 Å². The van der Waals surface area contributed by atoms with E-state index in [1.54, 1.807) is 0 Å². The molecule has 1 heterocycles. The number of rotatable bonds is 3. The molecule has 3 aromatic rings. The van der Waals surface area contributed by atoms with Gasteiger partial charge in [-0.1, -0.05) is 36.4 Å². The van der Waals surface area contributed by atoms with Gasteiger partial charge in [0, 0.05) is 11.1 Å². The number of ether oxygens (including phenoxy) is 1. The molecule has 20 heavy (non-hydrogen) atoms. The number of anilines is 3. The van der Waals surface area contributed by atoms with Gasteiger partial charge in [-0.3, -0.25) is 0 Å². The summed E-state index contributed by atoms with van der Waals surface area (Å²) < 4.78 is 5.09. The van der Waals surface area contributed by atoms with Crippen LogP contribution in [0, 0.1) is 0 Å². The van der Waals surface area contributed by atoms with Crippen molar-refractivity contribution in [2.75, 3.05) is 18.2 Å². The van der Waals surface area contributed by atoms with Crippen LogP contribution >= 0.6 is 0 Å². The summed E-state index contributed by atoms with van der Waals surface area (Å²) in [4.78, 5) is 8.12. The first-order valence-corrected chi connectivity index (χ1v) is 6.19. The second-order valence-corrected chi connectivity index (χ2v) is 4.30. The van der Waals surface area contributed by atoms with Crippen LogP contribution in [-0.2, 0) is 0 Å². The number of nitrogens with two attached hydrogens (primary N) is 1. The minimum absolute atomic E-state index is 0.364. The van der Waals surface area contributed by atoms with Gasteiger partial charge in [-0.05, 0) is 11.5 Å². The molecular formula is C15H14N4O. The molecule has 0 fully saturated rings. The summed E-state index contributed by atoms with van der Waals surface area (Å²) in [6.07, 6.45) is 1.42. The Bertz CT molecular complexity index is 752. The highest BCUT2D eigenvalue weighted by Crippen LogP contribution is 2.30. The van der Waals surface area contributed by atoms with Crippen molar-refractivity contribution in [1.29, 1.82) is 0 Å². The van der Waals surface area contributed by atoms with Crippen molar-refractivity contribution in [2.45, 2.75) is 0 Å². The average molecular weight is 266 g/mol. The Morgan fingerprint density at radius 1 is 1.05 bits per heavy atom. The number of fused-ring (bicyclic) bond motifs is 1. The Labute approximate surface area is 116 Å². The lowest BCUT2D eigenvalue weighted by molar-refractivity contribution is 0.399. The number of hydrogen-bond acceptors (Lipinski definition) is 5. The minimum atomic E-state index is 0.364. The zero-order valence-electron chi connectivity index (χ0n) is 11.0. The van der Waals surface area contributed by atoms with Crippen molar-refractivity contribution in [1.82, 2.24) is 9.97 Å². The molecule has 0 atom stereocenters. The van der Waals surface area contributed by atoms with E-state index in [1.165, 1.54) is 13.4 Å². The molecule has 0 unspecified atom stereocenters. The number of nitrogen functional groups attached to an aromatic ring is 1. The van der Waals surface area contributed by atoms with Gasteiger partial charge in [-0.2, -0.15) is 4.98 Å². The van der Waals surface area contributed by atoms with Gasteiger partial charge in [0.15, 0.2) is 5.82 Å². The SMILES string of the molecule is COc1ncnc(Nc2cccc3ccccc23)c1N. The molecule has 3 N–H and O–H groups in total. The summed E-state index contributed by atoms with van der Waals surface area (Å²) >= 11 is 0. The molecule has 0 saturated heterocycles. The number of benzene rings is 2. The zero-order valence-corrected chi connectivity index (χ0v) is 11.0. The average Bonchev–Trinajstić information content (AvgIpc) is 2.50. The molecule has 0 aliphatic carbocycles. The van der Waals surface area contributed by atoms with Gasteiger partial charge in [0.25, 0.3) is 0 Å². The van der Waals surface area contributed by atoms with Gasteiger partial charge in [0.1, 0.15) is 12.0 Å². The summed E-state index contributed by atoms with van der Waals surface area (Å²) in [6.45, 7) is 0. The maximum Gasteiger partial charge on any atom is 0.242 e. The largest absolute Gasteiger partial charge is 0.479 e. The lowest BCUT2D eigenvalue weighted by Crippen LogP contribution is -2.03. The van der Waals surface area contributed by atoms with E-state index in [-0.39, 0.29) is 0 Å². The molecule has 5 heteroatoms. The summed E-state index contributed by atoms with van der Waals surface area (Å²) in [5.74, 6) is 0.899. The van der Waals surface area contributed by atoms with Crippen LogP contribution in [0.3, 0.4) is 0 Å². The van der Waals surface area contributed by atoms with E-state index in [1.807, 2.05) is 30.3 Å². The van der Waals surface area contributed by atoms with Crippen LogP contribution in [0.15, 0.2) is 48.8 Å². The van der Waals surface area contributed by atoms with Crippen LogP contribution in [0.5, 0.6) is 5.88 Å². The summed E-state index contributed by atoms with van der Waals surface area (Å²) in [6, 6.07) is 14.1. The molecule has 0 aliphatic heterocycles. The lowest BCUT2D eigenvalue weighted by atomic mass is 10.1. The number of methoxy groups -OCH3 is 1. The first-order chi connectivity index (χ1) is 9.79. The Morgan fingerprint density at radius 2 is 1.85 bits per heavy atom. The maximum atomic E-state index is 5.97. The molecule has 3 rings (SSSR count). The van der Waals surface area contributed by atoms with Gasteiger partial charge in [-0.15, -0.1) is 0 Å². The fourth-order valence-electron chi connectivity index (χ4n) is 2.10. The van der Waals surface area contributed by atoms with Gasteiger partial charge in [0.2, 0.25) is 5.88 Å². The summed E-state index contributed by atoms with van der Waals surface area (Å²) in [5, 5.41) is 5.49. The summed E-state index contributed by atoms with van der Waals surface area (Å²) in [7, 11) is 1.53. The number of nitrogens with zero attached hydrogens (tertiary/aromatic N) is 2. The van der Waals surface area contributed by atoms with Crippen LogP contribution < -0.4 is 15.8 Å². The molecule has 0 radical (unpaired) electrons. The van der Waals surface area contributed by atoms with Crippen molar-refractivity contribution in [3.63, 3.8) is 0 Å². The fourth-order valence-corrected chi connectivity index (χ4v) is 2.10. The molecular weight excluding hydrogens is 252 g/mol. The normalized spacial score (nSPS) is 10.4. The lowest BCUT2D eigenvalue weighted by Gasteiger charge is -2.12. The van der Waals surface area contributed by atoms with Gasteiger partial charge in [-0.25, -0.2) is 4.98 Å².